The lowest BCUT2D eigenvalue weighted by molar-refractivity contribution is -0.121. The van der Waals surface area contributed by atoms with E-state index >= 15 is 0 Å². The molecule has 1 aliphatic rings. The SMILES string of the molecule is Cl.Cl.NCCC(=O)NCC1CCCCN1C(=O)c1ccccn1. The van der Waals surface area contributed by atoms with Gasteiger partial charge >= 0.3 is 0 Å². The monoisotopic (exact) mass is 362 g/mol. The summed E-state index contributed by atoms with van der Waals surface area (Å²) < 4.78 is 0. The third-order valence-corrected chi connectivity index (χ3v) is 3.68. The van der Waals surface area contributed by atoms with Crippen molar-refractivity contribution in [2.45, 2.75) is 31.7 Å². The summed E-state index contributed by atoms with van der Waals surface area (Å²) in [6, 6.07) is 5.36. The molecule has 1 aromatic rings. The molecule has 2 heterocycles. The van der Waals surface area contributed by atoms with Gasteiger partial charge in [-0.1, -0.05) is 6.07 Å². The fourth-order valence-electron chi connectivity index (χ4n) is 2.57. The number of piperidine rings is 1. The van der Waals surface area contributed by atoms with Crippen LogP contribution < -0.4 is 11.1 Å². The number of nitrogens with one attached hydrogen (secondary N) is 1. The summed E-state index contributed by atoms with van der Waals surface area (Å²) >= 11 is 0. The van der Waals surface area contributed by atoms with Gasteiger partial charge in [0.05, 0.1) is 0 Å². The lowest BCUT2D eigenvalue weighted by Gasteiger charge is -2.35. The maximum Gasteiger partial charge on any atom is 0.272 e. The molecule has 0 saturated carbocycles. The molecule has 8 heteroatoms. The van der Waals surface area contributed by atoms with E-state index in [4.69, 9.17) is 5.73 Å². The maximum atomic E-state index is 12.5. The van der Waals surface area contributed by atoms with Crippen molar-refractivity contribution in [3.8, 4) is 0 Å². The smallest absolute Gasteiger partial charge is 0.272 e. The molecule has 0 radical (unpaired) electrons. The van der Waals surface area contributed by atoms with E-state index in [-0.39, 0.29) is 42.7 Å². The van der Waals surface area contributed by atoms with Crippen molar-refractivity contribution in [3.05, 3.63) is 30.1 Å². The molecule has 130 valence electrons. The average molecular weight is 363 g/mol. The van der Waals surface area contributed by atoms with E-state index in [1.165, 1.54) is 0 Å². The molecule has 0 aromatic carbocycles. The van der Waals surface area contributed by atoms with Gasteiger partial charge in [0.25, 0.3) is 5.91 Å². The fraction of sp³-hybridized carbons (Fsp3) is 0.533. The van der Waals surface area contributed by atoms with Crippen LogP contribution in [0.2, 0.25) is 0 Å². The molecule has 0 aliphatic carbocycles. The highest BCUT2D eigenvalue weighted by atomic mass is 35.5. The normalized spacial score (nSPS) is 16.7. The number of hydrogen-bond acceptors (Lipinski definition) is 4. The van der Waals surface area contributed by atoms with Crippen LogP contribution in [0.15, 0.2) is 24.4 Å². The third kappa shape index (κ3) is 6.33. The van der Waals surface area contributed by atoms with Crippen LogP contribution in [0, 0.1) is 0 Å². The number of hydrogen-bond donors (Lipinski definition) is 2. The van der Waals surface area contributed by atoms with E-state index in [0.29, 0.717) is 31.7 Å². The average Bonchev–Trinajstić information content (AvgIpc) is 2.54. The zero-order chi connectivity index (χ0) is 15.1. The van der Waals surface area contributed by atoms with E-state index in [1.807, 2.05) is 11.0 Å². The predicted molar refractivity (Wildman–Crippen MR) is 94.1 cm³/mol. The largest absolute Gasteiger partial charge is 0.354 e. The highest BCUT2D eigenvalue weighted by molar-refractivity contribution is 5.92. The molecule has 6 nitrogen and oxygen atoms in total. The summed E-state index contributed by atoms with van der Waals surface area (Å²) in [5, 5.41) is 2.86. The Bertz CT molecular complexity index is 488. The second kappa shape index (κ2) is 11.2. The van der Waals surface area contributed by atoms with Crippen molar-refractivity contribution in [2.24, 2.45) is 5.73 Å². The van der Waals surface area contributed by atoms with Gasteiger partial charge in [0, 0.05) is 38.3 Å². The number of aromatic nitrogens is 1. The number of nitrogens with two attached hydrogens (primary N) is 1. The Morgan fingerprint density at radius 3 is 2.74 bits per heavy atom. The summed E-state index contributed by atoms with van der Waals surface area (Å²) in [5.74, 6) is -0.123. The van der Waals surface area contributed by atoms with Gasteiger partial charge in [-0.05, 0) is 31.4 Å². The Balaban J connectivity index is 0.00000242. The number of amides is 2. The second-order valence-corrected chi connectivity index (χ2v) is 5.21. The topological polar surface area (TPSA) is 88.3 Å². The van der Waals surface area contributed by atoms with Crippen LogP contribution in [-0.2, 0) is 4.79 Å². The molecule has 0 bridgehead atoms. The Hall–Kier alpha value is -1.37. The minimum atomic E-state index is -0.0618. The zero-order valence-corrected chi connectivity index (χ0v) is 14.6. The highest BCUT2D eigenvalue weighted by Crippen LogP contribution is 2.18. The van der Waals surface area contributed by atoms with Gasteiger partial charge in [0.2, 0.25) is 5.91 Å². The summed E-state index contributed by atoms with van der Waals surface area (Å²) in [6.45, 7) is 1.54. The molecule has 1 aromatic heterocycles. The quantitative estimate of drug-likeness (QED) is 0.827. The van der Waals surface area contributed by atoms with Crippen LogP contribution in [0.4, 0.5) is 0 Å². The van der Waals surface area contributed by atoms with Crippen molar-refractivity contribution in [1.29, 1.82) is 0 Å². The first kappa shape index (κ1) is 21.6. The number of carbonyl (C=O) groups is 2. The highest BCUT2D eigenvalue weighted by Gasteiger charge is 2.28. The number of pyridine rings is 1. The molecule has 1 aliphatic heterocycles. The van der Waals surface area contributed by atoms with Crippen LogP contribution in [0.25, 0.3) is 0 Å². The predicted octanol–water partition coefficient (Wildman–Crippen LogP) is 1.38. The molecule has 1 unspecified atom stereocenters. The van der Waals surface area contributed by atoms with Crippen LogP contribution in [0.5, 0.6) is 0 Å². The van der Waals surface area contributed by atoms with E-state index in [0.717, 1.165) is 19.3 Å². The Morgan fingerprint density at radius 1 is 1.30 bits per heavy atom. The number of halogens is 2. The number of carbonyl (C=O) groups excluding carboxylic acids is 2. The molecular weight excluding hydrogens is 339 g/mol. The minimum Gasteiger partial charge on any atom is -0.354 e. The molecule has 1 saturated heterocycles. The molecular formula is C15H24Cl2N4O2. The second-order valence-electron chi connectivity index (χ2n) is 5.21. The first-order valence-corrected chi connectivity index (χ1v) is 7.41. The van der Waals surface area contributed by atoms with Crippen LogP contribution in [0.1, 0.15) is 36.2 Å². The lowest BCUT2D eigenvalue weighted by atomic mass is 10.0. The molecule has 2 rings (SSSR count). The number of nitrogens with zero attached hydrogens (tertiary/aromatic N) is 2. The van der Waals surface area contributed by atoms with E-state index in [2.05, 4.69) is 10.3 Å². The summed E-state index contributed by atoms with van der Waals surface area (Å²) in [6.07, 6.45) is 4.91. The van der Waals surface area contributed by atoms with Gasteiger partial charge in [0.1, 0.15) is 5.69 Å². The molecule has 23 heavy (non-hydrogen) atoms. The van der Waals surface area contributed by atoms with Gasteiger partial charge in [0.15, 0.2) is 0 Å². The maximum absolute atomic E-state index is 12.5. The van der Waals surface area contributed by atoms with Gasteiger partial charge < -0.3 is 16.0 Å². The summed E-state index contributed by atoms with van der Waals surface area (Å²) in [4.78, 5) is 30.0. The van der Waals surface area contributed by atoms with Gasteiger partial charge in [-0.3, -0.25) is 14.6 Å². The molecule has 0 spiro atoms. The van der Waals surface area contributed by atoms with E-state index in [9.17, 15) is 9.59 Å². The Kier molecular flexibility index (Phi) is 10.5. The number of rotatable bonds is 5. The lowest BCUT2D eigenvalue weighted by Crippen LogP contribution is -2.49. The fourth-order valence-corrected chi connectivity index (χ4v) is 2.57. The Morgan fingerprint density at radius 2 is 2.09 bits per heavy atom. The van der Waals surface area contributed by atoms with Crippen molar-refractivity contribution < 1.29 is 9.59 Å². The van der Waals surface area contributed by atoms with Crippen molar-refractivity contribution in [3.63, 3.8) is 0 Å². The molecule has 1 atom stereocenters. The summed E-state index contributed by atoms with van der Waals surface area (Å²) in [7, 11) is 0. The first-order valence-electron chi connectivity index (χ1n) is 7.41. The van der Waals surface area contributed by atoms with Gasteiger partial charge in [-0.25, -0.2) is 0 Å². The van der Waals surface area contributed by atoms with E-state index < -0.39 is 0 Å². The minimum absolute atomic E-state index is 0. The molecule has 2 amide bonds. The third-order valence-electron chi connectivity index (χ3n) is 3.68. The van der Waals surface area contributed by atoms with Crippen molar-refractivity contribution >= 4 is 36.6 Å². The number of likely N-dealkylation sites (tertiary alicyclic amines) is 1. The standard InChI is InChI=1S/C15H22N4O2.2ClH/c16-8-7-14(20)18-11-12-5-2-4-10-19(12)15(21)13-6-1-3-9-17-13;;/h1,3,6,9,12H,2,4-5,7-8,10-11,16H2,(H,18,20);2*1H. The van der Waals surface area contributed by atoms with Crippen LogP contribution >= 0.6 is 24.8 Å². The first-order chi connectivity index (χ1) is 10.2. The van der Waals surface area contributed by atoms with Gasteiger partial charge in [-0.15, -0.1) is 24.8 Å². The van der Waals surface area contributed by atoms with E-state index in [1.54, 1.807) is 18.3 Å². The molecule has 3 N–H and O–H groups in total. The van der Waals surface area contributed by atoms with Crippen LogP contribution in [0.3, 0.4) is 0 Å². The van der Waals surface area contributed by atoms with Crippen molar-refractivity contribution in [1.82, 2.24) is 15.2 Å². The zero-order valence-electron chi connectivity index (χ0n) is 12.9. The van der Waals surface area contributed by atoms with Gasteiger partial charge in [-0.2, -0.15) is 0 Å². The van der Waals surface area contributed by atoms with Crippen LogP contribution in [-0.4, -0.2) is 47.4 Å². The molecule has 1 fully saturated rings. The van der Waals surface area contributed by atoms with Crippen molar-refractivity contribution in [2.75, 3.05) is 19.6 Å². The summed E-state index contributed by atoms with van der Waals surface area (Å²) in [5.41, 5.74) is 5.81. The Labute approximate surface area is 149 Å².